The zero-order chi connectivity index (χ0) is 21.4. The van der Waals surface area contributed by atoms with Gasteiger partial charge in [-0.1, -0.05) is 42.5 Å². The van der Waals surface area contributed by atoms with Crippen LogP contribution in [-0.2, 0) is 9.59 Å². The maximum atomic E-state index is 13.1. The number of carbonyl (C=O) groups excluding carboxylic acids is 2. The zero-order valence-electron chi connectivity index (χ0n) is 16.7. The Morgan fingerprint density at radius 1 is 1.07 bits per heavy atom. The van der Waals surface area contributed by atoms with Crippen LogP contribution in [0.1, 0.15) is 27.7 Å². The summed E-state index contributed by atoms with van der Waals surface area (Å²) in [7, 11) is 1.57. The van der Waals surface area contributed by atoms with Gasteiger partial charge < -0.3 is 9.84 Å². The first kappa shape index (κ1) is 19.8. The number of aryl methyl sites for hydroxylation is 2. The van der Waals surface area contributed by atoms with Crippen LogP contribution in [0.5, 0.6) is 5.75 Å². The van der Waals surface area contributed by atoms with Gasteiger partial charge >= 0.3 is 5.91 Å². The van der Waals surface area contributed by atoms with Crippen LogP contribution in [-0.4, -0.2) is 28.9 Å². The lowest BCUT2D eigenvalue weighted by atomic mass is 9.95. The van der Waals surface area contributed by atoms with Crippen molar-refractivity contribution >= 4 is 33.9 Å². The van der Waals surface area contributed by atoms with E-state index in [1.165, 1.54) is 16.2 Å². The Morgan fingerprint density at radius 2 is 1.73 bits per heavy atom. The van der Waals surface area contributed by atoms with Crippen LogP contribution in [0.2, 0.25) is 0 Å². The molecule has 1 saturated heterocycles. The Hall–Kier alpha value is -3.45. The first-order chi connectivity index (χ1) is 14.4. The Labute approximate surface area is 178 Å². The van der Waals surface area contributed by atoms with Gasteiger partial charge in [-0.15, -0.1) is 11.3 Å². The van der Waals surface area contributed by atoms with Gasteiger partial charge in [-0.3, -0.25) is 14.5 Å². The summed E-state index contributed by atoms with van der Waals surface area (Å²) in [6.07, 6.45) is 0. The number of aliphatic hydroxyl groups excluding tert-OH is 1. The molecule has 1 aliphatic rings. The van der Waals surface area contributed by atoms with Gasteiger partial charge in [0, 0.05) is 10.4 Å². The first-order valence-electron chi connectivity index (χ1n) is 9.36. The molecule has 0 aliphatic carbocycles. The largest absolute Gasteiger partial charge is 0.507 e. The van der Waals surface area contributed by atoms with Gasteiger partial charge in [0.25, 0.3) is 5.78 Å². The molecule has 1 aromatic heterocycles. The van der Waals surface area contributed by atoms with E-state index in [2.05, 4.69) is 4.98 Å². The monoisotopic (exact) mass is 420 g/mol. The van der Waals surface area contributed by atoms with E-state index in [1.807, 2.05) is 19.9 Å². The number of ether oxygens (including phenoxy) is 1. The number of hydrogen-bond acceptors (Lipinski definition) is 6. The zero-order valence-corrected chi connectivity index (χ0v) is 17.6. The highest BCUT2D eigenvalue weighted by Crippen LogP contribution is 2.43. The summed E-state index contributed by atoms with van der Waals surface area (Å²) in [6.45, 7) is 3.78. The lowest BCUT2D eigenvalue weighted by Gasteiger charge is -2.23. The summed E-state index contributed by atoms with van der Waals surface area (Å²) < 4.78 is 5.23. The first-order valence-corrected chi connectivity index (χ1v) is 10.2. The molecule has 6 nitrogen and oxygen atoms in total. The van der Waals surface area contributed by atoms with Crippen LogP contribution in [0.3, 0.4) is 0 Å². The topological polar surface area (TPSA) is 79.7 Å². The van der Waals surface area contributed by atoms with Gasteiger partial charge in [0.1, 0.15) is 11.5 Å². The molecule has 30 heavy (non-hydrogen) atoms. The number of aromatic nitrogens is 1. The van der Waals surface area contributed by atoms with Crippen LogP contribution < -0.4 is 9.64 Å². The molecule has 0 spiro atoms. The number of anilines is 1. The molecule has 7 heteroatoms. The van der Waals surface area contributed by atoms with Crippen LogP contribution in [0, 0.1) is 13.8 Å². The molecule has 2 heterocycles. The van der Waals surface area contributed by atoms with Crippen LogP contribution >= 0.6 is 11.3 Å². The number of carbonyl (C=O) groups is 2. The van der Waals surface area contributed by atoms with E-state index in [-0.39, 0.29) is 11.3 Å². The molecule has 3 aromatic rings. The van der Waals surface area contributed by atoms with Crippen molar-refractivity contribution in [2.75, 3.05) is 12.0 Å². The molecule has 1 unspecified atom stereocenters. The standard InChI is InChI=1S/C23H20N2O4S/c1-13-14(2)30-23(24-13)25-19(15-9-11-17(29-3)12-10-15)18(21(27)22(25)28)20(26)16-7-5-4-6-8-16/h4-12,19,26H,1-3H3/b20-18+. The summed E-state index contributed by atoms with van der Waals surface area (Å²) >= 11 is 1.35. The SMILES string of the molecule is COc1ccc(C2/C(=C(\O)c3ccccc3)C(=O)C(=O)N2c2nc(C)c(C)s2)cc1. The molecule has 152 valence electrons. The number of methoxy groups -OCH3 is 1. The number of thiazole rings is 1. The number of benzene rings is 2. The maximum Gasteiger partial charge on any atom is 0.301 e. The van der Waals surface area contributed by atoms with Crippen molar-refractivity contribution in [2.45, 2.75) is 19.9 Å². The maximum absolute atomic E-state index is 13.1. The smallest absolute Gasteiger partial charge is 0.301 e. The Kier molecular flexibility index (Phi) is 5.13. The highest BCUT2D eigenvalue weighted by atomic mass is 32.1. The molecule has 1 amide bonds. The minimum Gasteiger partial charge on any atom is -0.507 e. The summed E-state index contributed by atoms with van der Waals surface area (Å²) in [5.74, 6) is -0.994. The van der Waals surface area contributed by atoms with Crippen molar-refractivity contribution < 1.29 is 19.4 Å². The number of nitrogens with zero attached hydrogens (tertiary/aromatic N) is 2. The molecule has 1 aliphatic heterocycles. The lowest BCUT2D eigenvalue weighted by Crippen LogP contribution is -2.29. The van der Waals surface area contributed by atoms with Crippen molar-refractivity contribution in [2.24, 2.45) is 0 Å². The predicted molar refractivity (Wildman–Crippen MR) is 116 cm³/mol. The number of Topliss-reactive ketones (excluding diaryl/α,β-unsaturated/α-hetero) is 1. The molecular formula is C23H20N2O4S. The van der Waals surface area contributed by atoms with Gasteiger partial charge in [-0.25, -0.2) is 4.98 Å². The van der Waals surface area contributed by atoms with E-state index in [0.717, 1.165) is 10.6 Å². The number of rotatable bonds is 4. The van der Waals surface area contributed by atoms with Gasteiger partial charge in [-0.2, -0.15) is 0 Å². The third kappa shape index (κ3) is 3.27. The summed E-state index contributed by atoms with van der Waals surface area (Å²) in [5, 5.41) is 11.4. The van der Waals surface area contributed by atoms with Crippen molar-refractivity contribution in [1.29, 1.82) is 0 Å². The van der Waals surface area contributed by atoms with E-state index in [1.54, 1.807) is 55.6 Å². The molecule has 1 fully saturated rings. The van der Waals surface area contributed by atoms with Crippen molar-refractivity contribution in [3.8, 4) is 5.75 Å². The van der Waals surface area contributed by atoms with Crippen molar-refractivity contribution in [3.63, 3.8) is 0 Å². The Bertz CT molecular complexity index is 1130. The second-order valence-electron chi connectivity index (χ2n) is 6.95. The summed E-state index contributed by atoms with van der Waals surface area (Å²) in [4.78, 5) is 32.9. The fraction of sp³-hybridized carbons (Fsp3) is 0.174. The van der Waals surface area contributed by atoms with Crippen molar-refractivity contribution in [3.05, 3.63) is 81.9 Å². The highest BCUT2D eigenvalue weighted by molar-refractivity contribution is 7.16. The average molecular weight is 420 g/mol. The molecular weight excluding hydrogens is 400 g/mol. The van der Waals surface area contributed by atoms with Crippen LogP contribution in [0.15, 0.2) is 60.2 Å². The van der Waals surface area contributed by atoms with E-state index in [9.17, 15) is 14.7 Å². The van der Waals surface area contributed by atoms with Crippen LogP contribution in [0.25, 0.3) is 5.76 Å². The van der Waals surface area contributed by atoms with E-state index in [4.69, 9.17) is 4.74 Å². The predicted octanol–water partition coefficient (Wildman–Crippen LogP) is 4.39. The molecule has 0 bridgehead atoms. The van der Waals surface area contributed by atoms with Gasteiger partial charge in [0.2, 0.25) is 0 Å². The quantitative estimate of drug-likeness (QED) is 0.385. The second-order valence-corrected chi connectivity index (χ2v) is 8.13. The minimum atomic E-state index is -0.791. The van der Waals surface area contributed by atoms with E-state index >= 15 is 0 Å². The molecule has 2 aromatic carbocycles. The third-order valence-corrected chi connectivity index (χ3v) is 6.22. The van der Waals surface area contributed by atoms with Gasteiger partial charge in [0.15, 0.2) is 5.13 Å². The molecule has 4 rings (SSSR count). The third-order valence-electron chi connectivity index (χ3n) is 5.15. The minimum absolute atomic E-state index is 0.0434. The average Bonchev–Trinajstić information content (AvgIpc) is 3.23. The molecule has 1 atom stereocenters. The number of aliphatic hydroxyl groups is 1. The van der Waals surface area contributed by atoms with Crippen molar-refractivity contribution in [1.82, 2.24) is 4.98 Å². The summed E-state index contributed by atoms with van der Waals surface area (Å²) in [6, 6.07) is 15.0. The van der Waals surface area contributed by atoms with E-state index in [0.29, 0.717) is 22.0 Å². The molecule has 0 saturated carbocycles. The van der Waals surface area contributed by atoms with Crippen LogP contribution in [0.4, 0.5) is 5.13 Å². The number of ketones is 1. The number of amides is 1. The Morgan fingerprint density at radius 3 is 2.30 bits per heavy atom. The second kappa shape index (κ2) is 7.76. The Balaban J connectivity index is 1.94. The lowest BCUT2D eigenvalue weighted by molar-refractivity contribution is -0.132. The fourth-order valence-corrected chi connectivity index (χ4v) is 4.38. The molecule has 1 N–H and O–H groups in total. The fourth-order valence-electron chi connectivity index (χ4n) is 3.44. The number of hydrogen-bond donors (Lipinski definition) is 1. The normalized spacial score (nSPS) is 18.1. The van der Waals surface area contributed by atoms with Gasteiger partial charge in [0.05, 0.1) is 24.4 Å². The molecule has 0 radical (unpaired) electrons. The van der Waals surface area contributed by atoms with Gasteiger partial charge in [-0.05, 0) is 31.5 Å². The summed E-state index contributed by atoms with van der Waals surface area (Å²) in [5.41, 5.74) is 1.99. The highest BCUT2D eigenvalue weighted by Gasteiger charge is 2.48. The van der Waals surface area contributed by atoms with E-state index < -0.39 is 17.7 Å².